The summed E-state index contributed by atoms with van der Waals surface area (Å²) in [6.07, 6.45) is 1.68. The lowest BCUT2D eigenvalue weighted by atomic mass is 10.3. The Kier molecular flexibility index (Phi) is 2.87. The molecule has 1 N–H and O–H groups in total. The molecular weight excluding hydrogens is 272 g/mol. The molecule has 0 amide bonds. The van der Waals surface area contributed by atoms with Crippen LogP contribution in [0.4, 0.5) is 0 Å². The lowest BCUT2D eigenvalue weighted by Crippen LogP contribution is -2.15. The number of imidazole rings is 1. The van der Waals surface area contributed by atoms with E-state index in [4.69, 9.17) is 4.74 Å². The van der Waals surface area contributed by atoms with Crippen LogP contribution in [-0.4, -0.2) is 16.7 Å². The Bertz CT molecular complexity index is 572. The van der Waals surface area contributed by atoms with Crippen LogP contribution in [0.1, 0.15) is 5.69 Å². The Labute approximate surface area is 101 Å². The molecule has 2 aromatic rings. The topological polar surface area (TPSA) is 47.0 Å². The maximum atomic E-state index is 11.6. The first-order valence-electron chi connectivity index (χ1n) is 4.74. The van der Waals surface area contributed by atoms with Gasteiger partial charge in [-0.15, -0.1) is 0 Å². The maximum Gasteiger partial charge on any atom is 0.330 e. The second kappa shape index (κ2) is 4.17. The number of H-pyrrole nitrogens is 1. The smallest absolute Gasteiger partial charge is 0.330 e. The van der Waals surface area contributed by atoms with E-state index in [0.717, 1.165) is 21.6 Å². The third-order valence-corrected chi connectivity index (χ3v) is 2.97. The molecule has 0 aliphatic heterocycles. The summed E-state index contributed by atoms with van der Waals surface area (Å²) < 4.78 is 7.56. The second-order valence-electron chi connectivity index (χ2n) is 3.39. The molecule has 0 aliphatic carbocycles. The van der Waals surface area contributed by atoms with Crippen LogP contribution in [0.3, 0.4) is 0 Å². The van der Waals surface area contributed by atoms with Gasteiger partial charge in [-0.2, -0.15) is 0 Å². The van der Waals surface area contributed by atoms with Crippen molar-refractivity contribution in [2.24, 2.45) is 0 Å². The van der Waals surface area contributed by atoms with Crippen LogP contribution in [0, 0.1) is 6.92 Å². The Morgan fingerprint density at radius 3 is 2.69 bits per heavy atom. The zero-order chi connectivity index (χ0) is 11.7. The summed E-state index contributed by atoms with van der Waals surface area (Å²) in [5.74, 6) is 0.741. The van der Waals surface area contributed by atoms with Gasteiger partial charge in [0.2, 0.25) is 0 Å². The fourth-order valence-electron chi connectivity index (χ4n) is 1.57. The molecule has 16 heavy (non-hydrogen) atoms. The van der Waals surface area contributed by atoms with Gasteiger partial charge in [0.05, 0.1) is 17.3 Å². The molecule has 0 aliphatic rings. The van der Waals surface area contributed by atoms with Gasteiger partial charge in [-0.1, -0.05) is 0 Å². The van der Waals surface area contributed by atoms with E-state index in [2.05, 4.69) is 20.9 Å². The minimum Gasteiger partial charge on any atom is -0.496 e. The Morgan fingerprint density at radius 2 is 2.19 bits per heavy atom. The van der Waals surface area contributed by atoms with Crippen molar-refractivity contribution >= 4 is 15.9 Å². The van der Waals surface area contributed by atoms with Crippen LogP contribution < -0.4 is 10.4 Å². The van der Waals surface area contributed by atoms with Crippen molar-refractivity contribution in [3.05, 3.63) is 45.0 Å². The van der Waals surface area contributed by atoms with Crippen LogP contribution in [0.2, 0.25) is 0 Å². The van der Waals surface area contributed by atoms with Gasteiger partial charge in [0.1, 0.15) is 5.75 Å². The van der Waals surface area contributed by atoms with Gasteiger partial charge in [0, 0.05) is 11.9 Å². The SMILES string of the molecule is COc1ccc(-n2c(C)c[nH]c2=O)cc1Br. The highest BCUT2D eigenvalue weighted by Crippen LogP contribution is 2.26. The molecule has 0 spiro atoms. The minimum absolute atomic E-state index is 0.144. The van der Waals surface area contributed by atoms with E-state index in [1.807, 2.05) is 25.1 Å². The number of hydrogen-bond donors (Lipinski definition) is 1. The van der Waals surface area contributed by atoms with Crippen molar-refractivity contribution in [1.82, 2.24) is 9.55 Å². The molecule has 0 radical (unpaired) electrons. The van der Waals surface area contributed by atoms with Crippen LogP contribution in [0.15, 0.2) is 33.7 Å². The van der Waals surface area contributed by atoms with Gasteiger partial charge in [0.25, 0.3) is 0 Å². The van der Waals surface area contributed by atoms with Crippen LogP contribution >= 0.6 is 15.9 Å². The third kappa shape index (κ3) is 1.78. The molecule has 1 heterocycles. The number of nitrogens with zero attached hydrogens (tertiary/aromatic N) is 1. The average molecular weight is 283 g/mol. The average Bonchev–Trinajstić information content (AvgIpc) is 2.58. The zero-order valence-corrected chi connectivity index (χ0v) is 10.5. The van der Waals surface area contributed by atoms with E-state index in [-0.39, 0.29) is 5.69 Å². The summed E-state index contributed by atoms with van der Waals surface area (Å²) in [4.78, 5) is 14.2. The first-order valence-corrected chi connectivity index (χ1v) is 5.53. The predicted molar refractivity (Wildman–Crippen MR) is 65.4 cm³/mol. The summed E-state index contributed by atoms with van der Waals surface area (Å²) in [6.45, 7) is 1.87. The molecule has 0 unspecified atom stereocenters. The number of aryl methyl sites for hydroxylation is 1. The Balaban J connectivity index is 2.58. The first kappa shape index (κ1) is 11.0. The molecule has 1 aromatic carbocycles. The highest BCUT2D eigenvalue weighted by molar-refractivity contribution is 9.10. The zero-order valence-electron chi connectivity index (χ0n) is 8.95. The third-order valence-electron chi connectivity index (χ3n) is 2.35. The quantitative estimate of drug-likeness (QED) is 0.918. The molecule has 1 aromatic heterocycles. The number of aromatic amines is 1. The molecule has 0 saturated carbocycles. The van der Waals surface area contributed by atoms with E-state index in [1.54, 1.807) is 17.9 Å². The fraction of sp³-hybridized carbons (Fsp3) is 0.182. The lowest BCUT2D eigenvalue weighted by molar-refractivity contribution is 0.412. The van der Waals surface area contributed by atoms with Crippen molar-refractivity contribution in [2.75, 3.05) is 7.11 Å². The van der Waals surface area contributed by atoms with E-state index in [0.29, 0.717) is 0 Å². The summed E-state index contributed by atoms with van der Waals surface area (Å²) in [7, 11) is 1.60. The van der Waals surface area contributed by atoms with E-state index < -0.39 is 0 Å². The standard InChI is InChI=1S/C11H11BrN2O2/c1-7-6-13-11(15)14(7)8-3-4-10(16-2)9(12)5-8/h3-6H,1-2H3,(H,13,15). The van der Waals surface area contributed by atoms with Crippen molar-refractivity contribution < 1.29 is 4.74 Å². The summed E-state index contributed by atoms with van der Waals surface area (Å²) in [6, 6.07) is 5.51. The highest BCUT2D eigenvalue weighted by Gasteiger charge is 2.07. The largest absolute Gasteiger partial charge is 0.496 e. The number of nitrogens with one attached hydrogen (secondary N) is 1. The van der Waals surface area contributed by atoms with Crippen molar-refractivity contribution in [2.45, 2.75) is 6.92 Å². The molecule has 5 heteroatoms. The monoisotopic (exact) mass is 282 g/mol. The fourth-order valence-corrected chi connectivity index (χ4v) is 2.10. The van der Waals surface area contributed by atoms with Crippen LogP contribution in [-0.2, 0) is 0 Å². The second-order valence-corrected chi connectivity index (χ2v) is 4.24. The molecule has 0 bridgehead atoms. The predicted octanol–water partition coefficient (Wildman–Crippen LogP) is 2.25. The normalized spacial score (nSPS) is 10.4. The number of benzene rings is 1. The van der Waals surface area contributed by atoms with Crippen LogP contribution in [0.25, 0.3) is 5.69 Å². The Hall–Kier alpha value is -1.49. The van der Waals surface area contributed by atoms with Gasteiger partial charge in [-0.05, 0) is 41.1 Å². The number of rotatable bonds is 2. The molecule has 84 valence electrons. The van der Waals surface area contributed by atoms with E-state index in [1.165, 1.54) is 0 Å². The Morgan fingerprint density at radius 1 is 1.44 bits per heavy atom. The van der Waals surface area contributed by atoms with E-state index in [9.17, 15) is 4.79 Å². The van der Waals surface area contributed by atoms with Crippen molar-refractivity contribution in [3.8, 4) is 11.4 Å². The van der Waals surface area contributed by atoms with Crippen molar-refractivity contribution in [1.29, 1.82) is 0 Å². The lowest BCUT2D eigenvalue weighted by Gasteiger charge is -2.07. The summed E-state index contributed by atoms with van der Waals surface area (Å²) >= 11 is 3.39. The summed E-state index contributed by atoms with van der Waals surface area (Å²) in [5, 5.41) is 0. The van der Waals surface area contributed by atoms with Gasteiger partial charge >= 0.3 is 5.69 Å². The molecule has 0 atom stereocenters. The molecule has 2 rings (SSSR count). The van der Waals surface area contributed by atoms with Gasteiger partial charge in [0.15, 0.2) is 0 Å². The first-order chi connectivity index (χ1) is 7.63. The van der Waals surface area contributed by atoms with Gasteiger partial charge in [-0.3, -0.25) is 4.57 Å². The van der Waals surface area contributed by atoms with Crippen LogP contribution in [0.5, 0.6) is 5.75 Å². The maximum absolute atomic E-state index is 11.6. The number of aromatic nitrogens is 2. The minimum atomic E-state index is -0.144. The highest BCUT2D eigenvalue weighted by atomic mass is 79.9. The van der Waals surface area contributed by atoms with Crippen molar-refractivity contribution in [3.63, 3.8) is 0 Å². The number of methoxy groups -OCH3 is 1. The number of ether oxygens (including phenoxy) is 1. The molecule has 4 nitrogen and oxygen atoms in total. The number of halogens is 1. The summed E-state index contributed by atoms with van der Waals surface area (Å²) in [5.41, 5.74) is 1.52. The molecule has 0 saturated heterocycles. The molecular formula is C11H11BrN2O2. The van der Waals surface area contributed by atoms with Gasteiger partial charge in [-0.25, -0.2) is 4.79 Å². The molecule has 0 fully saturated rings. The number of hydrogen-bond acceptors (Lipinski definition) is 2. The van der Waals surface area contributed by atoms with Gasteiger partial charge < -0.3 is 9.72 Å². The van der Waals surface area contributed by atoms with E-state index >= 15 is 0 Å².